The van der Waals surface area contributed by atoms with Gasteiger partial charge in [-0.3, -0.25) is 4.79 Å². The summed E-state index contributed by atoms with van der Waals surface area (Å²) < 4.78 is 11.8. The molecule has 0 bridgehead atoms. The van der Waals surface area contributed by atoms with Gasteiger partial charge in [-0.2, -0.15) is 0 Å². The van der Waals surface area contributed by atoms with Crippen LogP contribution in [-0.4, -0.2) is 31.2 Å². The van der Waals surface area contributed by atoms with E-state index in [2.05, 4.69) is 24.4 Å². The summed E-state index contributed by atoms with van der Waals surface area (Å²) in [5.41, 5.74) is 8.23. The van der Waals surface area contributed by atoms with Crippen molar-refractivity contribution in [1.29, 1.82) is 0 Å². The van der Waals surface area contributed by atoms with E-state index < -0.39 is 0 Å². The van der Waals surface area contributed by atoms with Gasteiger partial charge in [-0.1, -0.05) is 6.42 Å². The molecule has 26 heavy (non-hydrogen) atoms. The van der Waals surface area contributed by atoms with Crippen molar-refractivity contribution in [2.24, 2.45) is 17.6 Å². The molecule has 2 aliphatic carbocycles. The Balaban J connectivity index is 1.46. The maximum absolute atomic E-state index is 12.7. The van der Waals surface area contributed by atoms with E-state index in [1.165, 1.54) is 11.1 Å². The molecule has 1 aromatic rings. The molecule has 142 valence electrons. The number of benzene rings is 1. The highest BCUT2D eigenvalue weighted by Crippen LogP contribution is 2.48. The van der Waals surface area contributed by atoms with Gasteiger partial charge in [-0.15, -0.1) is 0 Å². The van der Waals surface area contributed by atoms with Crippen LogP contribution in [0, 0.1) is 11.8 Å². The highest BCUT2D eigenvalue weighted by molar-refractivity contribution is 5.80. The largest absolute Gasteiger partial charge is 0.494 e. The fraction of sp³-hybridized carbons (Fsp3) is 0.667. The number of nitrogens with one attached hydrogen (secondary N) is 1. The van der Waals surface area contributed by atoms with Gasteiger partial charge >= 0.3 is 0 Å². The van der Waals surface area contributed by atoms with Gasteiger partial charge < -0.3 is 20.5 Å². The summed E-state index contributed by atoms with van der Waals surface area (Å²) in [7, 11) is 0. The van der Waals surface area contributed by atoms with Crippen molar-refractivity contribution in [3.05, 3.63) is 23.3 Å². The van der Waals surface area contributed by atoms with E-state index in [4.69, 9.17) is 15.2 Å². The molecule has 1 amide bonds. The molecule has 1 aromatic carbocycles. The molecule has 5 heteroatoms. The highest BCUT2D eigenvalue weighted by Gasteiger charge is 2.44. The van der Waals surface area contributed by atoms with Crippen LogP contribution in [0.25, 0.3) is 0 Å². The van der Waals surface area contributed by atoms with E-state index in [1.54, 1.807) is 0 Å². The normalized spacial score (nSPS) is 32.0. The number of nitrogens with two attached hydrogens (primary N) is 1. The Morgan fingerprint density at radius 3 is 3.00 bits per heavy atom. The van der Waals surface area contributed by atoms with Crippen molar-refractivity contribution in [1.82, 2.24) is 5.32 Å². The molecule has 0 radical (unpaired) electrons. The Bertz CT molecular complexity index is 690. The molecule has 0 saturated heterocycles. The number of fused-ring (bicyclic) bond motifs is 1. The van der Waals surface area contributed by atoms with Gasteiger partial charge in [-0.05, 0) is 57.7 Å². The number of hydrogen-bond donors (Lipinski definition) is 2. The smallest absolute Gasteiger partial charge is 0.223 e. The van der Waals surface area contributed by atoms with Crippen LogP contribution in [0.1, 0.15) is 56.6 Å². The summed E-state index contributed by atoms with van der Waals surface area (Å²) >= 11 is 0. The maximum atomic E-state index is 12.7. The molecule has 2 fully saturated rings. The number of rotatable bonds is 6. The van der Waals surface area contributed by atoms with Crippen LogP contribution in [0.15, 0.2) is 12.1 Å². The van der Waals surface area contributed by atoms with E-state index in [0.717, 1.165) is 43.6 Å². The standard InChI is InChI=1S/C21H30N2O3/c1-3-25-20-8-14-7-12(2)26-19(14)10-17(20)16-9-18(16)23-21(24)15-6-4-5-13(15)11-22/h8,10,12-13,15-16,18H,3-7,9,11,22H2,1-2H3,(H,23,24)/t12?,13-,15-,16?,18?/m1/s1. The van der Waals surface area contributed by atoms with Crippen LogP contribution in [0.5, 0.6) is 11.5 Å². The number of amides is 1. The first kappa shape index (κ1) is 17.7. The van der Waals surface area contributed by atoms with Gasteiger partial charge in [0.05, 0.1) is 6.61 Å². The van der Waals surface area contributed by atoms with E-state index in [1.807, 2.05) is 6.92 Å². The molecule has 0 spiro atoms. The Morgan fingerprint density at radius 2 is 2.23 bits per heavy atom. The summed E-state index contributed by atoms with van der Waals surface area (Å²) in [5.74, 6) is 2.88. The van der Waals surface area contributed by atoms with Crippen molar-refractivity contribution in [3.63, 3.8) is 0 Å². The molecule has 2 saturated carbocycles. The van der Waals surface area contributed by atoms with Crippen molar-refractivity contribution < 1.29 is 14.3 Å². The average Bonchev–Trinajstić information content (AvgIpc) is 3.05. The minimum atomic E-state index is 0.0943. The first-order chi connectivity index (χ1) is 12.6. The first-order valence-corrected chi connectivity index (χ1v) is 10.1. The summed E-state index contributed by atoms with van der Waals surface area (Å²) in [6.07, 6.45) is 5.29. The maximum Gasteiger partial charge on any atom is 0.223 e. The average molecular weight is 358 g/mol. The van der Waals surface area contributed by atoms with Crippen LogP contribution in [0.3, 0.4) is 0 Å². The van der Waals surface area contributed by atoms with Gasteiger partial charge in [0.1, 0.15) is 17.6 Å². The zero-order valence-electron chi connectivity index (χ0n) is 15.8. The summed E-state index contributed by atoms with van der Waals surface area (Å²) in [5, 5.41) is 3.26. The third-order valence-corrected chi connectivity index (χ3v) is 6.14. The van der Waals surface area contributed by atoms with E-state index in [-0.39, 0.29) is 24.0 Å². The van der Waals surface area contributed by atoms with E-state index in [0.29, 0.717) is 25.0 Å². The summed E-state index contributed by atoms with van der Waals surface area (Å²) in [6.45, 7) is 5.36. The first-order valence-electron chi connectivity index (χ1n) is 10.1. The van der Waals surface area contributed by atoms with Crippen molar-refractivity contribution in [2.45, 2.75) is 64.0 Å². The lowest BCUT2D eigenvalue weighted by Gasteiger charge is -2.18. The summed E-state index contributed by atoms with van der Waals surface area (Å²) in [6, 6.07) is 4.48. The van der Waals surface area contributed by atoms with E-state index in [9.17, 15) is 4.79 Å². The van der Waals surface area contributed by atoms with Crippen LogP contribution in [-0.2, 0) is 11.2 Å². The predicted octanol–water partition coefficient (Wildman–Crippen LogP) is 2.76. The second kappa shape index (κ2) is 7.10. The molecular weight excluding hydrogens is 328 g/mol. The zero-order valence-corrected chi connectivity index (χ0v) is 15.8. The Morgan fingerprint density at radius 1 is 1.38 bits per heavy atom. The molecule has 1 heterocycles. The van der Waals surface area contributed by atoms with Gasteiger partial charge in [-0.25, -0.2) is 0 Å². The second-order valence-corrected chi connectivity index (χ2v) is 8.05. The monoisotopic (exact) mass is 358 g/mol. The predicted molar refractivity (Wildman–Crippen MR) is 101 cm³/mol. The lowest BCUT2D eigenvalue weighted by molar-refractivity contribution is -0.126. The second-order valence-electron chi connectivity index (χ2n) is 8.05. The number of carbonyl (C=O) groups is 1. The van der Waals surface area contributed by atoms with Gasteiger partial charge in [0, 0.05) is 35.4 Å². The SMILES string of the molecule is CCOc1cc2c(cc1C1CC1NC(=O)[C@@H]1CCC[C@@H]1CN)OC(C)C2. The van der Waals surface area contributed by atoms with Crippen LogP contribution in [0.4, 0.5) is 0 Å². The van der Waals surface area contributed by atoms with Crippen LogP contribution < -0.4 is 20.5 Å². The minimum Gasteiger partial charge on any atom is -0.494 e. The van der Waals surface area contributed by atoms with Gasteiger partial charge in [0.2, 0.25) is 5.91 Å². The fourth-order valence-electron chi connectivity index (χ4n) is 4.68. The topological polar surface area (TPSA) is 73.6 Å². The number of hydrogen-bond acceptors (Lipinski definition) is 4. The highest BCUT2D eigenvalue weighted by atomic mass is 16.5. The Kier molecular flexibility index (Phi) is 4.82. The summed E-state index contributed by atoms with van der Waals surface area (Å²) in [4.78, 5) is 12.7. The van der Waals surface area contributed by atoms with Crippen molar-refractivity contribution in [3.8, 4) is 11.5 Å². The Hall–Kier alpha value is -1.75. The molecule has 4 rings (SSSR count). The number of ether oxygens (including phenoxy) is 2. The third-order valence-electron chi connectivity index (χ3n) is 6.14. The lowest BCUT2D eigenvalue weighted by Crippen LogP contribution is -2.36. The molecule has 5 nitrogen and oxygen atoms in total. The molecule has 3 unspecified atom stereocenters. The molecule has 3 N–H and O–H groups in total. The molecular formula is C21H30N2O3. The molecule has 0 aromatic heterocycles. The van der Waals surface area contributed by atoms with E-state index >= 15 is 0 Å². The quantitative estimate of drug-likeness (QED) is 0.820. The molecule has 5 atom stereocenters. The Labute approximate surface area is 155 Å². The van der Waals surface area contributed by atoms with Crippen LogP contribution in [0.2, 0.25) is 0 Å². The fourth-order valence-corrected chi connectivity index (χ4v) is 4.68. The lowest BCUT2D eigenvalue weighted by atomic mass is 9.95. The molecule has 3 aliphatic rings. The van der Waals surface area contributed by atoms with Crippen molar-refractivity contribution >= 4 is 5.91 Å². The van der Waals surface area contributed by atoms with Gasteiger partial charge in [0.15, 0.2) is 0 Å². The zero-order chi connectivity index (χ0) is 18.3. The van der Waals surface area contributed by atoms with Crippen LogP contribution >= 0.6 is 0 Å². The van der Waals surface area contributed by atoms with Gasteiger partial charge in [0.25, 0.3) is 0 Å². The van der Waals surface area contributed by atoms with Crippen molar-refractivity contribution in [2.75, 3.05) is 13.2 Å². The molecule has 1 aliphatic heterocycles. The third kappa shape index (κ3) is 3.29. The number of carbonyl (C=O) groups excluding carboxylic acids is 1. The minimum absolute atomic E-state index is 0.0943.